The molecule has 3 aliphatic rings. The van der Waals surface area contributed by atoms with Crippen molar-refractivity contribution in [1.82, 2.24) is 25.6 Å². The first-order valence-corrected chi connectivity index (χ1v) is 11.9. The summed E-state index contributed by atoms with van der Waals surface area (Å²) in [5.41, 5.74) is 5.11. The zero-order valence-corrected chi connectivity index (χ0v) is 19.5. The third kappa shape index (κ3) is 5.57. The lowest BCUT2D eigenvalue weighted by Gasteiger charge is -2.40. The highest BCUT2D eigenvalue weighted by molar-refractivity contribution is 6.28. The van der Waals surface area contributed by atoms with Crippen LogP contribution in [0, 0.1) is 17.7 Å². The molecule has 1 spiro atoms. The maximum atomic E-state index is 15.3. The Balaban J connectivity index is 1.43. The molecule has 0 bridgehead atoms. The predicted molar refractivity (Wildman–Crippen MR) is 122 cm³/mol. The first-order chi connectivity index (χ1) is 15.8. The van der Waals surface area contributed by atoms with Crippen molar-refractivity contribution >= 4 is 35.2 Å². The number of carbonyl (C=O) groups excluding carboxylic acids is 1. The Kier molecular flexibility index (Phi) is 7.08. The largest absolute Gasteiger partial charge is 0.465 e. The van der Waals surface area contributed by atoms with Crippen LogP contribution in [0.3, 0.4) is 0 Å². The summed E-state index contributed by atoms with van der Waals surface area (Å²) in [6.45, 7) is 2.05. The monoisotopic (exact) mass is 483 g/mol. The molecule has 4 N–H and O–H groups in total. The summed E-state index contributed by atoms with van der Waals surface area (Å²) in [4.78, 5) is 36.0. The molecule has 0 aromatic carbocycles. The van der Waals surface area contributed by atoms with Crippen molar-refractivity contribution in [1.29, 1.82) is 0 Å². The highest BCUT2D eigenvalue weighted by Gasteiger charge is 2.50. The molecule has 2 heterocycles. The summed E-state index contributed by atoms with van der Waals surface area (Å²) in [6, 6.07) is 0. The second-order valence-corrected chi connectivity index (χ2v) is 9.77. The van der Waals surface area contributed by atoms with E-state index in [1.54, 1.807) is 0 Å². The van der Waals surface area contributed by atoms with Gasteiger partial charge in [-0.3, -0.25) is 20.5 Å². The van der Waals surface area contributed by atoms with Gasteiger partial charge in [-0.25, -0.2) is 4.79 Å². The second-order valence-electron chi connectivity index (χ2n) is 9.43. The van der Waals surface area contributed by atoms with Crippen LogP contribution < -0.4 is 21.1 Å². The van der Waals surface area contributed by atoms with Gasteiger partial charge in [0, 0.05) is 31.7 Å². The van der Waals surface area contributed by atoms with E-state index >= 15 is 4.39 Å². The van der Waals surface area contributed by atoms with Crippen molar-refractivity contribution in [3.05, 3.63) is 11.1 Å². The number of carboxylic acid groups (broad SMARTS) is 1. The van der Waals surface area contributed by atoms with Gasteiger partial charge in [0.2, 0.25) is 17.0 Å². The average Bonchev–Trinajstić information content (AvgIpc) is 3.36. The molecule has 182 valence electrons. The van der Waals surface area contributed by atoms with Crippen molar-refractivity contribution in [2.45, 2.75) is 50.5 Å². The quantitative estimate of drug-likeness (QED) is 0.328. The number of anilines is 2. The minimum absolute atomic E-state index is 0.0129. The first kappa shape index (κ1) is 23.7. The number of nitrogens with zero attached hydrogens (tertiary/aromatic N) is 4. The van der Waals surface area contributed by atoms with Gasteiger partial charge in [-0.2, -0.15) is 14.4 Å². The van der Waals surface area contributed by atoms with Crippen LogP contribution in [0.15, 0.2) is 0 Å². The zero-order chi connectivity index (χ0) is 23.6. The van der Waals surface area contributed by atoms with Gasteiger partial charge in [0.25, 0.3) is 0 Å². The molecule has 2 aliphatic carbocycles. The SMILES string of the molecule is CN1CCN(c2nc(Cl)nc(NNC(=O)[C@@H](CNC(=O)O)CC3CCCC3)c2F)CC12CC2. The molecule has 2 amide bonds. The molecule has 0 radical (unpaired) electrons. The topological polar surface area (TPSA) is 123 Å². The summed E-state index contributed by atoms with van der Waals surface area (Å²) in [7, 11) is 2.08. The molecule has 4 rings (SSSR count). The summed E-state index contributed by atoms with van der Waals surface area (Å²) in [5, 5.41) is 11.1. The lowest BCUT2D eigenvalue weighted by atomic mass is 9.92. The van der Waals surface area contributed by atoms with Gasteiger partial charge in [-0.1, -0.05) is 25.7 Å². The molecule has 1 aliphatic heterocycles. The number of hydrogen-bond acceptors (Lipinski definition) is 7. The highest BCUT2D eigenvalue weighted by atomic mass is 35.5. The van der Waals surface area contributed by atoms with E-state index in [0.29, 0.717) is 25.4 Å². The van der Waals surface area contributed by atoms with E-state index in [9.17, 15) is 9.59 Å². The lowest BCUT2D eigenvalue weighted by molar-refractivity contribution is -0.124. The van der Waals surface area contributed by atoms with Crippen molar-refractivity contribution < 1.29 is 19.1 Å². The number of likely N-dealkylation sites (N-methyl/N-ethyl adjacent to an activating group) is 1. The molecular weight excluding hydrogens is 453 g/mol. The van der Waals surface area contributed by atoms with Crippen molar-refractivity contribution in [3.63, 3.8) is 0 Å². The maximum Gasteiger partial charge on any atom is 0.404 e. The van der Waals surface area contributed by atoms with E-state index in [2.05, 4.69) is 38.1 Å². The van der Waals surface area contributed by atoms with Crippen molar-refractivity contribution in [2.24, 2.45) is 11.8 Å². The third-order valence-corrected chi connectivity index (χ3v) is 7.37. The van der Waals surface area contributed by atoms with Crippen LogP contribution in [-0.4, -0.2) is 70.7 Å². The Bertz CT molecular complexity index is 895. The molecule has 1 aromatic rings. The van der Waals surface area contributed by atoms with Crippen LogP contribution in [0.5, 0.6) is 0 Å². The van der Waals surface area contributed by atoms with Crippen molar-refractivity contribution in [3.8, 4) is 0 Å². The molecular formula is C21H31ClFN7O3. The Hall–Kier alpha value is -2.40. The van der Waals surface area contributed by atoms with Crippen LogP contribution in [0.25, 0.3) is 0 Å². The van der Waals surface area contributed by atoms with E-state index in [1.807, 2.05) is 4.90 Å². The van der Waals surface area contributed by atoms with E-state index in [0.717, 1.165) is 45.1 Å². The first-order valence-electron chi connectivity index (χ1n) is 11.5. The molecule has 12 heteroatoms. The Morgan fingerprint density at radius 2 is 2.00 bits per heavy atom. The van der Waals surface area contributed by atoms with Gasteiger partial charge >= 0.3 is 6.09 Å². The maximum absolute atomic E-state index is 15.3. The number of nitrogens with one attached hydrogen (secondary N) is 3. The van der Waals surface area contributed by atoms with Gasteiger partial charge in [-0.15, -0.1) is 0 Å². The number of rotatable bonds is 8. The zero-order valence-electron chi connectivity index (χ0n) is 18.7. The van der Waals surface area contributed by atoms with Crippen LogP contribution in [0.2, 0.25) is 5.28 Å². The molecule has 1 saturated heterocycles. The average molecular weight is 484 g/mol. The van der Waals surface area contributed by atoms with Gasteiger partial charge in [-0.05, 0) is 43.8 Å². The predicted octanol–water partition coefficient (Wildman–Crippen LogP) is 2.46. The van der Waals surface area contributed by atoms with Crippen LogP contribution in [0.4, 0.5) is 20.8 Å². The van der Waals surface area contributed by atoms with E-state index < -0.39 is 23.7 Å². The highest BCUT2D eigenvalue weighted by Crippen LogP contribution is 2.44. The smallest absolute Gasteiger partial charge is 0.404 e. The third-order valence-electron chi connectivity index (χ3n) is 7.20. The Morgan fingerprint density at radius 3 is 2.67 bits per heavy atom. The minimum Gasteiger partial charge on any atom is -0.465 e. The van der Waals surface area contributed by atoms with E-state index in [-0.39, 0.29) is 29.0 Å². The van der Waals surface area contributed by atoms with Crippen LogP contribution in [0.1, 0.15) is 44.9 Å². The fourth-order valence-electron chi connectivity index (χ4n) is 4.99. The molecule has 33 heavy (non-hydrogen) atoms. The summed E-state index contributed by atoms with van der Waals surface area (Å²) in [6.07, 6.45) is 5.78. The molecule has 2 saturated carbocycles. The lowest BCUT2D eigenvalue weighted by Crippen LogP contribution is -2.53. The van der Waals surface area contributed by atoms with Crippen LogP contribution >= 0.6 is 11.6 Å². The fraction of sp³-hybridized carbons (Fsp3) is 0.714. The van der Waals surface area contributed by atoms with Gasteiger partial charge in [0.05, 0.1) is 5.92 Å². The van der Waals surface area contributed by atoms with Gasteiger partial charge < -0.3 is 15.3 Å². The minimum atomic E-state index is -1.19. The summed E-state index contributed by atoms with van der Waals surface area (Å²) in [5.74, 6) is -1.42. The molecule has 1 atom stereocenters. The van der Waals surface area contributed by atoms with Gasteiger partial charge in [0.15, 0.2) is 11.6 Å². The number of hydrogen-bond donors (Lipinski definition) is 4. The van der Waals surface area contributed by atoms with E-state index in [1.165, 1.54) is 0 Å². The number of carbonyl (C=O) groups is 2. The Morgan fingerprint density at radius 1 is 1.27 bits per heavy atom. The number of halogens is 2. The fourth-order valence-corrected chi connectivity index (χ4v) is 5.16. The molecule has 3 fully saturated rings. The number of aromatic nitrogens is 2. The normalized spacial score (nSPS) is 21.1. The number of hydrazine groups is 1. The molecule has 0 unspecified atom stereocenters. The molecule has 10 nitrogen and oxygen atoms in total. The van der Waals surface area contributed by atoms with E-state index in [4.69, 9.17) is 16.7 Å². The number of amides is 2. The van der Waals surface area contributed by atoms with Gasteiger partial charge in [0.1, 0.15) is 0 Å². The Labute approximate surface area is 197 Å². The molecule has 1 aromatic heterocycles. The second kappa shape index (κ2) is 9.84. The summed E-state index contributed by atoms with van der Waals surface area (Å²) >= 11 is 6.08. The summed E-state index contributed by atoms with van der Waals surface area (Å²) < 4.78 is 15.3. The van der Waals surface area contributed by atoms with Crippen molar-refractivity contribution in [2.75, 3.05) is 43.6 Å². The van der Waals surface area contributed by atoms with Crippen LogP contribution in [-0.2, 0) is 4.79 Å². The number of piperazine rings is 1. The standard InChI is InChI=1S/C21H31ClFN7O3/c1-29-8-9-30(12-21(29)6-7-21)17-15(23)16(25-19(22)26-17)27-28-18(31)14(11-24-20(32)33)10-13-4-2-3-5-13/h13-14,24H,2-12H2,1H3,(H,28,31)(H,32,33)(H,25,26,27)/t14-/m1/s1.